The van der Waals surface area contributed by atoms with Crippen LogP contribution in [-0.2, 0) is 4.74 Å². The third-order valence-electron chi connectivity index (χ3n) is 2.37. The Labute approximate surface area is 98.2 Å². The minimum atomic E-state index is -0.104. The van der Waals surface area contributed by atoms with E-state index in [1.807, 2.05) is 26.2 Å². The molecule has 1 rings (SSSR count). The summed E-state index contributed by atoms with van der Waals surface area (Å²) in [4.78, 5) is 4.30. The molecule has 0 aromatic carbocycles. The Morgan fingerprint density at radius 2 is 2.06 bits per heavy atom. The van der Waals surface area contributed by atoms with E-state index in [0.717, 1.165) is 11.3 Å². The molecular formula is C13H22N2O. The Bertz CT molecular complexity index is 314. The van der Waals surface area contributed by atoms with Crippen LogP contribution in [0.2, 0.25) is 0 Å². The molecule has 16 heavy (non-hydrogen) atoms. The van der Waals surface area contributed by atoms with Gasteiger partial charge in [-0.15, -0.1) is 0 Å². The molecule has 0 aliphatic carbocycles. The predicted molar refractivity (Wildman–Crippen MR) is 66.5 cm³/mol. The number of rotatable bonds is 4. The second-order valence-corrected chi connectivity index (χ2v) is 5.00. The van der Waals surface area contributed by atoms with Gasteiger partial charge in [-0.25, -0.2) is 0 Å². The van der Waals surface area contributed by atoms with E-state index in [0.29, 0.717) is 6.61 Å². The monoisotopic (exact) mass is 222 g/mol. The minimum absolute atomic E-state index is 0.104. The first kappa shape index (κ1) is 13.1. The van der Waals surface area contributed by atoms with E-state index >= 15 is 0 Å². The van der Waals surface area contributed by atoms with E-state index in [9.17, 15) is 0 Å². The lowest BCUT2D eigenvalue weighted by molar-refractivity contribution is -0.0139. The van der Waals surface area contributed by atoms with Crippen molar-refractivity contribution in [3.8, 4) is 0 Å². The Balaban J connectivity index is 2.64. The van der Waals surface area contributed by atoms with Gasteiger partial charge in [0.05, 0.1) is 18.2 Å². The Morgan fingerprint density at radius 3 is 2.50 bits per heavy atom. The minimum Gasteiger partial charge on any atom is -0.374 e. The van der Waals surface area contributed by atoms with Crippen LogP contribution in [0.15, 0.2) is 18.3 Å². The van der Waals surface area contributed by atoms with Crippen LogP contribution >= 0.6 is 0 Å². The number of hydrogen-bond donors (Lipinski definition) is 1. The van der Waals surface area contributed by atoms with Gasteiger partial charge in [0, 0.05) is 11.9 Å². The van der Waals surface area contributed by atoms with Crippen molar-refractivity contribution < 1.29 is 4.74 Å². The van der Waals surface area contributed by atoms with Crippen LogP contribution < -0.4 is 5.32 Å². The van der Waals surface area contributed by atoms with Gasteiger partial charge in [0.1, 0.15) is 0 Å². The molecule has 1 aromatic heterocycles. The van der Waals surface area contributed by atoms with Crippen molar-refractivity contribution in [3.63, 3.8) is 0 Å². The third-order valence-corrected chi connectivity index (χ3v) is 2.37. The van der Waals surface area contributed by atoms with Crippen LogP contribution in [0.1, 0.15) is 38.1 Å². The molecule has 0 aliphatic rings. The van der Waals surface area contributed by atoms with Gasteiger partial charge in [0.2, 0.25) is 0 Å². The highest BCUT2D eigenvalue weighted by molar-refractivity contribution is 5.17. The van der Waals surface area contributed by atoms with Crippen molar-refractivity contribution in [1.82, 2.24) is 10.3 Å². The fraction of sp³-hybridized carbons (Fsp3) is 0.615. The molecule has 0 bridgehead atoms. The first-order valence-electron chi connectivity index (χ1n) is 5.66. The summed E-state index contributed by atoms with van der Waals surface area (Å²) in [6.45, 7) is 8.84. The smallest absolute Gasteiger partial charge is 0.0669 e. The predicted octanol–water partition coefficient (Wildman–Crippen LogP) is 2.47. The van der Waals surface area contributed by atoms with Gasteiger partial charge in [-0.2, -0.15) is 0 Å². The highest BCUT2D eigenvalue weighted by atomic mass is 16.5. The van der Waals surface area contributed by atoms with Gasteiger partial charge >= 0.3 is 0 Å². The van der Waals surface area contributed by atoms with Gasteiger partial charge in [-0.1, -0.05) is 6.07 Å². The SMILES string of the molecule is CNC(COC(C)(C)C)c1ccc(C)nc1. The van der Waals surface area contributed by atoms with Gasteiger partial charge in [0.25, 0.3) is 0 Å². The molecule has 0 fully saturated rings. The topological polar surface area (TPSA) is 34.1 Å². The summed E-state index contributed by atoms with van der Waals surface area (Å²) in [6, 6.07) is 4.32. The lowest BCUT2D eigenvalue weighted by atomic mass is 10.1. The fourth-order valence-electron chi connectivity index (χ4n) is 1.36. The molecule has 0 amide bonds. The molecule has 1 heterocycles. The Morgan fingerprint density at radius 1 is 1.38 bits per heavy atom. The van der Waals surface area contributed by atoms with E-state index in [4.69, 9.17) is 4.74 Å². The van der Waals surface area contributed by atoms with Gasteiger partial charge in [0.15, 0.2) is 0 Å². The zero-order valence-corrected chi connectivity index (χ0v) is 10.9. The zero-order chi connectivity index (χ0) is 12.2. The molecule has 3 heteroatoms. The maximum absolute atomic E-state index is 5.78. The summed E-state index contributed by atoms with van der Waals surface area (Å²) in [6.07, 6.45) is 1.91. The zero-order valence-electron chi connectivity index (χ0n) is 10.9. The maximum Gasteiger partial charge on any atom is 0.0669 e. The third kappa shape index (κ3) is 4.29. The van der Waals surface area contributed by atoms with Gasteiger partial charge < -0.3 is 10.1 Å². The summed E-state index contributed by atoms with van der Waals surface area (Å²) < 4.78 is 5.78. The molecular weight excluding hydrogens is 200 g/mol. The normalized spacial score (nSPS) is 13.8. The molecule has 0 aliphatic heterocycles. The number of aromatic nitrogens is 1. The number of ether oxygens (including phenoxy) is 1. The second-order valence-electron chi connectivity index (χ2n) is 5.00. The molecule has 1 N–H and O–H groups in total. The average Bonchev–Trinajstić information content (AvgIpc) is 2.20. The van der Waals surface area contributed by atoms with Crippen LogP contribution in [0.5, 0.6) is 0 Å². The van der Waals surface area contributed by atoms with Gasteiger partial charge in [-0.3, -0.25) is 4.98 Å². The standard InChI is InChI=1S/C13H22N2O/c1-10-6-7-11(8-15-10)12(14-5)9-16-13(2,3)4/h6-8,12,14H,9H2,1-5H3. The van der Waals surface area contributed by atoms with Crippen molar-refractivity contribution in [2.75, 3.05) is 13.7 Å². The molecule has 0 saturated carbocycles. The second kappa shape index (κ2) is 5.41. The van der Waals surface area contributed by atoms with Crippen LogP contribution in [-0.4, -0.2) is 24.2 Å². The van der Waals surface area contributed by atoms with Crippen LogP contribution in [0.25, 0.3) is 0 Å². The quantitative estimate of drug-likeness (QED) is 0.849. The summed E-state index contributed by atoms with van der Waals surface area (Å²) in [5, 5.41) is 3.25. The maximum atomic E-state index is 5.78. The number of hydrogen-bond acceptors (Lipinski definition) is 3. The number of aryl methyl sites for hydroxylation is 1. The highest BCUT2D eigenvalue weighted by Crippen LogP contribution is 2.16. The molecule has 1 aromatic rings. The van der Waals surface area contributed by atoms with Crippen molar-refractivity contribution in [2.45, 2.75) is 39.3 Å². The average molecular weight is 222 g/mol. The first-order chi connectivity index (χ1) is 7.42. The lowest BCUT2D eigenvalue weighted by Crippen LogP contribution is -2.28. The molecule has 0 radical (unpaired) electrons. The van der Waals surface area contributed by atoms with Crippen molar-refractivity contribution in [3.05, 3.63) is 29.6 Å². The molecule has 3 nitrogen and oxygen atoms in total. The van der Waals surface area contributed by atoms with Crippen LogP contribution in [0, 0.1) is 6.92 Å². The Hall–Kier alpha value is -0.930. The molecule has 0 saturated heterocycles. The fourth-order valence-corrected chi connectivity index (χ4v) is 1.36. The van der Waals surface area contributed by atoms with Crippen LogP contribution in [0.4, 0.5) is 0 Å². The van der Waals surface area contributed by atoms with Crippen LogP contribution in [0.3, 0.4) is 0 Å². The van der Waals surface area contributed by atoms with Crippen molar-refractivity contribution in [1.29, 1.82) is 0 Å². The number of pyridine rings is 1. The van der Waals surface area contributed by atoms with E-state index in [1.165, 1.54) is 0 Å². The summed E-state index contributed by atoms with van der Waals surface area (Å²) in [5.74, 6) is 0. The molecule has 0 spiro atoms. The largest absolute Gasteiger partial charge is 0.374 e. The lowest BCUT2D eigenvalue weighted by Gasteiger charge is -2.24. The number of likely N-dealkylation sites (N-methyl/N-ethyl adjacent to an activating group) is 1. The first-order valence-corrected chi connectivity index (χ1v) is 5.66. The van der Waals surface area contributed by atoms with E-state index in [2.05, 4.69) is 37.1 Å². The summed E-state index contributed by atoms with van der Waals surface area (Å²) in [5.41, 5.74) is 2.10. The van der Waals surface area contributed by atoms with E-state index in [1.54, 1.807) is 0 Å². The Kier molecular flexibility index (Phi) is 4.44. The molecule has 1 unspecified atom stereocenters. The molecule has 1 atom stereocenters. The number of nitrogens with zero attached hydrogens (tertiary/aromatic N) is 1. The van der Waals surface area contributed by atoms with Gasteiger partial charge in [-0.05, 0) is 46.4 Å². The molecule has 90 valence electrons. The van der Waals surface area contributed by atoms with E-state index in [-0.39, 0.29) is 11.6 Å². The van der Waals surface area contributed by atoms with Crippen molar-refractivity contribution in [2.24, 2.45) is 0 Å². The summed E-state index contributed by atoms with van der Waals surface area (Å²) >= 11 is 0. The van der Waals surface area contributed by atoms with Crippen molar-refractivity contribution >= 4 is 0 Å². The number of nitrogens with one attached hydrogen (secondary N) is 1. The highest BCUT2D eigenvalue weighted by Gasteiger charge is 2.15. The van der Waals surface area contributed by atoms with E-state index < -0.39 is 0 Å². The summed E-state index contributed by atoms with van der Waals surface area (Å²) in [7, 11) is 1.94.